The first-order valence-corrected chi connectivity index (χ1v) is 6.76. The summed E-state index contributed by atoms with van der Waals surface area (Å²) < 4.78 is 25.5. The van der Waals surface area contributed by atoms with Crippen LogP contribution in [0.4, 0.5) is 4.39 Å². The van der Waals surface area contributed by atoms with E-state index in [1.807, 2.05) is 0 Å². The van der Waals surface area contributed by atoms with Crippen molar-refractivity contribution in [2.45, 2.75) is 6.61 Å². The smallest absolute Gasteiger partial charge is 0.356 e. The molecular formula is C16H13FN2O4. The number of hydrogen-bond acceptors (Lipinski definition) is 4. The second kappa shape index (κ2) is 5.96. The van der Waals surface area contributed by atoms with Crippen molar-refractivity contribution >= 4 is 11.5 Å². The summed E-state index contributed by atoms with van der Waals surface area (Å²) in [6, 6.07) is 10.7. The van der Waals surface area contributed by atoms with E-state index in [4.69, 9.17) is 9.47 Å². The molecule has 2 aromatic heterocycles. The highest BCUT2D eigenvalue weighted by Gasteiger charge is 2.19. The van der Waals surface area contributed by atoms with E-state index in [1.165, 1.54) is 25.3 Å². The minimum absolute atomic E-state index is 0.0295. The maximum Gasteiger partial charge on any atom is 0.356 e. The fourth-order valence-corrected chi connectivity index (χ4v) is 2.29. The van der Waals surface area contributed by atoms with Crippen molar-refractivity contribution in [3.63, 3.8) is 0 Å². The Balaban J connectivity index is 2.01. The molecule has 1 aromatic carbocycles. The van der Waals surface area contributed by atoms with Gasteiger partial charge < -0.3 is 14.6 Å². The number of imidazole rings is 1. The molecule has 0 unspecified atom stereocenters. The van der Waals surface area contributed by atoms with Crippen LogP contribution in [0.25, 0.3) is 5.52 Å². The van der Waals surface area contributed by atoms with E-state index >= 15 is 0 Å². The minimum Gasteiger partial charge on any atom is -0.486 e. The monoisotopic (exact) mass is 316 g/mol. The van der Waals surface area contributed by atoms with Crippen molar-refractivity contribution < 1.29 is 23.8 Å². The Bertz CT molecular complexity index is 876. The molecule has 0 bridgehead atoms. The Morgan fingerprint density at radius 3 is 2.78 bits per heavy atom. The van der Waals surface area contributed by atoms with Crippen LogP contribution >= 0.6 is 0 Å². The topological polar surface area (TPSA) is 73.1 Å². The van der Waals surface area contributed by atoms with Crippen molar-refractivity contribution in [2.75, 3.05) is 7.11 Å². The molecule has 23 heavy (non-hydrogen) atoms. The van der Waals surface area contributed by atoms with Crippen molar-refractivity contribution in [1.82, 2.24) is 9.38 Å². The second-order valence-corrected chi connectivity index (χ2v) is 4.72. The van der Waals surface area contributed by atoms with E-state index in [0.29, 0.717) is 23.0 Å². The first-order chi connectivity index (χ1) is 11.1. The van der Waals surface area contributed by atoms with Gasteiger partial charge in [0.05, 0.1) is 12.6 Å². The van der Waals surface area contributed by atoms with Gasteiger partial charge in [0.25, 0.3) is 0 Å². The predicted octanol–water partition coefficient (Wildman–Crippen LogP) is 2.76. The normalized spacial score (nSPS) is 10.7. The number of halogens is 1. The second-order valence-electron chi connectivity index (χ2n) is 4.72. The number of ether oxygens (including phenoxy) is 2. The van der Waals surface area contributed by atoms with Gasteiger partial charge in [-0.3, -0.25) is 4.40 Å². The highest BCUT2D eigenvalue weighted by atomic mass is 19.1. The Labute approximate surface area is 130 Å². The molecule has 0 radical (unpaired) electrons. The largest absolute Gasteiger partial charge is 0.486 e. The molecule has 2 heterocycles. The molecule has 0 spiro atoms. The summed E-state index contributed by atoms with van der Waals surface area (Å²) in [4.78, 5) is 15.4. The lowest BCUT2D eigenvalue weighted by Gasteiger charge is -2.08. The summed E-state index contributed by atoms with van der Waals surface area (Å²) in [5.41, 5.74) is 0.302. The number of aromatic carboxylic acids is 1. The van der Waals surface area contributed by atoms with Crippen LogP contribution in [0, 0.1) is 5.82 Å². The van der Waals surface area contributed by atoms with Crippen LogP contribution < -0.4 is 9.47 Å². The van der Waals surface area contributed by atoms with Crippen LogP contribution in [0.3, 0.4) is 0 Å². The Kier molecular flexibility index (Phi) is 3.84. The van der Waals surface area contributed by atoms with Crippen molar-refractivity contribution in [2.24, 2.45) is 0 Å². The predicted molar refractivity (Wildman–Crippen MR) is 79.4 cm³/mol. The van der Waals surface area contributed by atoms with Gasteiger partial charge in [-0.25, -0.2) is 14.2 Å². The van der Waals surface area contributed by atoms with Crippen LogP contribution in [0.15, 0.2) is 42.5 Å². The number of nitrogens with zero attached hydrogens (tertiary/aromatic N) is 2. The van der Waals surface area contributed by atoms with Crippen LogP contribution in [-0.2, 0) is 6.61 Å². The number of rotatable bonds is 5. The standard InChI is InChI=1S/C16H13FN2O4/c1-22-14-7-3-6-12-15(16(20)21)18-13(19(12)14)9-23-11-5-2-4-10(17)8-11/h2-8H,9H2,1H3,(H,20,21). The summed E-state index contributed by atoms with van der Waals surface area (Å²) in [5.74, 6) is -0.458. The number of methoxy groups -OCH3 is 1. The summed E-state index contributed by atoms with van der Waals surface area (Å²) in [6.45, 7) is -0.0295. The fourth-order valence-electron chi connectivity index (χ4n) is 2.29. The molecule has 118 valence electrons. The quantitative estimate of drug-likeness (QED) is 0.783. The molecule has 0 saturated carbocycles. The number of hydrogen-bond donors (Lipinski definition) is 1. The van der Waals surface area contributed by atoms with Crippen LogP contribution in [0.5, 0.6) is 11.6 Å². The molecular weight excluding hydrogens is 303 g/mol. The van der Waals surface area contributed by atoms with Crippen LogP contribution in [-0.4, -0.2) is 27.6 Å². The van der Waals surface area contributed by atoms with E-state index in [9.17, 15) is 14.3 Å². The Morgan fingerprint density at radius 1 is 1.30 bits per heavy atom. The molecule has 3 rings (SSSR count). The minimum atomic E-state index is -1.15. The molecule has 0 aliphatic rings. The zero-order chi connectivity index (χ0) is 16.4. The molecule has 3 aromatic rings. The Hall–Kier alpha value is -3.09. The van der Waals surface area contributed by atoms with Crippen molar-refractivity contribution in [3.05, 3.63) is 59.8 Å². The third kappa shape index (κ3) is 2.80. The van der Waals surface area contributed by atoms with Gasteiger partial charge in [-0.2, -0.15) is 0 Å². The molecule has 1 N–H and O–H groups in total. The Morgan fingerprint density at radius 2 is 2.09 bits per heavy atom. The van der Waals surface area contributed by atoms with E-state index in [0.717, 1.165) is 0 Å². The molecule has 0 aliphatic heterocycles. The highest BCUT2D eigenvalue weighted by molar-refractivity contribution is 5.93. The highest BCUT2D eigenvalue weighted by Crippen LogP contribution is 2.22. The van der Waals surface area contributed by atoms with Gasteiger partial charge in [-0.15, -0.1) is 0 Å². The summed E-state index contributed by atoms with van der Waals surface area (Å²) in [7, 11) is 1.48. The average Bonchev–Trinajstić information content (AvgIpc) is 2.92. The van der Waals surface area contributed by atoms with Crippen LogP contribution in [0.2, 0.25) is 0 Å². The van der Waals surface area contributed by atoms with Gasteiger partial charge in [-0.05, 0) is 24.3 Å². The number of carboxylic acids is 1. The molecule has 0 fully saturated rings. The maximum absolute atomic E-state index is 13.2. The van der Waals surface area contributed by atoms with Crippen molar-refractivity contribution in [3.8, 4) is 11.6 Å². The van der Waals surface area contributed by atoms with E-state index in [-0.39, 0.29) is 12.3 Å². The number of pyridine rings is 1. The first kappa shape index (κ1) is 14.8. The number of aromatic nitrogens is 2. The maximum atomic E-state index is 13.2. The molecule has 0 aliphatic carbocycles. The summed E-state index contributed by atoms with van der Waals surface area (Å²) in [6.07, 6.45) is 0. The molecule has 7 heteroatoms. The van der Waals surface area contributed by atoms with Gasteiger partial charge in [0.15, 0.2) is 17.4 Å². The lowest BCUT2D eigenvalue weighted by atomic mass is 10.3. The molecule has 0 atom stereocenters. The number of carboxylic acid groups (broad SMARTS) is 1. The van der Waals surface area contributed by atoms with Gasteiger partial charge in [-0.1, -0.05) is 12.1 Å². The lowest BCUT2D eigenvalue weighted by molar-refractivity contribution is 0.0693. The number of fused-ring (bicyclic) bond motifs is 1. The first-order valence-electron chi connectivity index (χ1n) is 6.76. The van der Waals surface area contributed by atoms with Crippen molar-refractivity contribution in [1.29, 1.82) is 0 Å². The van der Waals surface area contributed by atoms with Gasteiger partial charge in [0, 0.05) is 6.07 Å². The summed E-state index contributed by atoms with van der Waals surface area (Å²) >= 11 is 0. The van der Waals surface area contributed by atoms with E-state index in [2.05, 4.69) is 4.98 Å². The molecule has 0 amide bonds. The zero-order valence-corrected chi connectivity index (χ0v) is 12.2. The fraction of sp³-hybridized carbons (Fsp3) is 0.125. The van der Waals surface area contributed by atoms with Gasteiger partial charge in [0.2, 0.25) is 0 Å². The lowest BCUT2D eigenvalue weighted by Crippen LogP contribution is -2.03. The third-order valence-corrected chi connectivity index (χ3v) is 3.27. The van der Waals surface area contributed by atoms with Crippen LogP contribution in [0.1, 0.15) is 16.3 Å². The van der Waals surface area contributed by atoms with E-state index < -0.39 is 11.8 Å². The number of benzene rings is 1. The molecule has 6 nitrogen and oxygen atoms in total. The SMILES string of the molecule is COc1cccc2c(C(=O)O)nc(COc3cccc(F)c3)n12. The number of carbonyl (C=O) groups is 1. The zero-order valence-electron chi connectivity index (χ0n) is 12.2. The molecule has 0 saturated heterocycles. The van der Waals surface area contributed by atoms with Gasteiger partial charge in [0.1, 0.15) is 18.2 Å². The third-order valence-electron chi connectivity index (χ3n) is 3.27. The van der Waals surface area contributed by atoms with Gasteiger partial charge >= 0.3 is 5.97 Å². The average molecular weight is 316 g/mol. The van der Waals surface area contributed by atoms with E-state index in [1.54, 1.807) is 28.7 Å². The summed E-state index contributed by atoms with van der Waals surface area (Å²) in [5, 5.41) is 9.27.